The number of rotatable bonds is 9. The summed E-state index contributed by atoms with van der Waals surface area (Å²) in [5.41, 5.74) is 0.369. The molecule has 1 heterocycles. The van der Waals surface area contributed by atoms with Crippen LogP contribution < -0.4 is 10.6 Å². The lowest BCUT2D eigenvalue weighted by molar-refractivity contribution is 0.0211. The molecule has 6 nitrogen and oxygen atoms in total. The first-order valence-corrected chi connectivity index (χ1v) is 9.52. The van der Waals surface area contributed by atoms with Gasteiger partial charge in [0.15, 0.2) is 5.96 Å². The second kappa shape index (κ2) is 10.2. The first-order valence-electron chi connectivity index (χ1n) is 9.52. The van der Waals surface area contributed by atoms with Gasteiger partial charge in [0, 0.05) is 52.5 Å². The van der Waals surface area contributed by atoms with E-state index < -0.39 is 0 Å². The van der Waals surface area contributed by atoms with Crippen LogP contribution in [0.2, 0.25) is 0 Å². The Hall–Kier alpha value is -0.850. The van der Waals surface area contributed by atoms with Crippen LogP contribution in [-0.4, -0.2) is 76.6 Å². The third kappa shape index (κ3) is 5.90. The fourth-order valence-corrected chi connectivity index (χ4v) is 3.46. The molecule has 2 N–H and O–H groups in total. The summed E-state index contributed by atoms with van der Waals surface area (Å²) in [5, 5.41) is 6.90. The van der Waals surface area contributed by atoms with E-state index in [1.54, 1.807) is 7.11 Å². The molecule has 1 unspecified atom stereocenters. The molecule has 1 saturated heterocycles. The van der Waals surface area contributed by atoms with Gasteiger partial charge in [-0.05, 0) is 38.5 Å². The van der Waals surface area contributed by atoms with Crippen LogP contribution in [0.4, 0.5) is 0 Å². The van der Waals surface area contributed by atoms with E-state index in [1.165, 1.54) is 19.3 Å². The van der Waals surface area contributed by atoms with E-state index in [-0.39, 0.29) is 0 Å². The number of aliphatic imine (C=N–C) groups is 1. The maximum Gasteiger partial charge on any atom is 0.191 e. The second-order valence-corrected chi connectivity index (χ2v) is 7.17. The van der Waals surface area contributed by atoms with Crippen LogP contribution in [0, 0.1) is 5.41 Å². The minimum atomic E-state index is 0.369. The highest BCUT2D eigenvalue weighted by Gasteiger charge is 2.36. The molecule has 0 amide bonds. The van der Waals surface area contributed by atoms with Crippen molar-refractivity contribution in [1.29, 1.82) is 0 Å². The van der Waals surface area contributed by atoms with E-state index in [0.717, 1.165) is 64.9 Å². The highest BCUT2D eigenvalue weighted by atomic mass is 16.5. The Bertz CT molecular complexity index is 379. The van der Waals surface area contributed by atoms with E-state index in [1.807, 2.05) is 0 Å². The Kier molecular flexibility index (Phi) is 8.29. The third-order valence-electron chi connectivity index (χ3n) is 5.40. The van der Waals surface area contributed by atoms with Gasteiger partial charge in [-0.3, -0.25) is 9.89 Å². The fourth-order valence-electron chi connectivity index (χ4n) is 3.46. The zero-order chi connectivity index (χ0) is 17.3. The number of nitrogens with zero attached hydrogens (tertiary/aromatic N) is 2. The molecular formula is C18H36N4O2. The molecule has 0 aromatic rings. The number of hydrogen-bond acceptors (Lipinski definition) is 4. The van der Waals surface area contributed by atoms with Crippen molar-refractivity contribution < 1.29 is 9.47 Å². The summed E-state index contributed by atoms with van der Waals surface area (Å²) in [5.74, 6) is 0.946. The molecule has 1 atom stereocenters. The quantitative estimate of drug-likeness (QED) is 0.492. The molecule has 0 aromatic carbocycles. The summed E-state index contributed by atoms with van der Waals surface area (Å²) in [6.07, 6.45) is 5.01. The van der Waals surface area contributed by atoms with Crippen LogP contribution in [0.25, 0.3) is 0 Å². The van der Waals surface area contributed by atoms with E-state index in [2.05, 4.69) is 29.4 Å². The van der Waals surface area contributed by atoms with E-state index in [9.17, 15) is 0 Å². The van der Waals surface area contributed by atoms with Crippen molar-refractivity contribution in [2.24, 2.45) is 10.4 Å². The molecule has 0 radical (unpaired) electrons. The molecular weight excluding hydrogens is 304 g/mol. The summed E-state index contributed by atoms with van der Waals surface area (Å²) < 4.78 is 10.7. The van der Waals surface area contributed by atoms with Crippen molar-refractivity contribution in [1.82, 2.24) is 15.5 Å². The van der Waals surface area contributed by atoms with Crippen LogP contribution in [0.15, 0.2) is 4.99 Å². The van der Waals surface area contributed by atoms with Gasteiger partial charge in [0.05, 0.1) is 13.2 Å². The van der Waals surface area contributed by atoms with Crippen LogP contribution in [-0.2, 0) is 9.47 Å². The van der Waals surface area contributed by atoms with Gasteiger partial charge in [-0.1, -0.05) is 6.42 Å². The molecule has 2 aliphatic rings. The number of morpholine rings is 1. The summed E-state index contributed by atoms with van der Waals surface area (Å²) in [6.45, 7) is 11.7. The number of hydrogen-bond donors (Lipinski definition) is 2. The van der Waals surface area contributed by atoms with Crippen molar-refractivity contribution in [3.63, 3.8) is 0 Å². The highest BCUT2D eigenvalue weighted by molar-refractivity contribution is 5.79. The maximum absolute atomic E-state index is 5.43. The molecule has 0 spiro atoms. The first-order chi connectivity index (χ1) is 11.7. The molecule has 2 rings (SSSR count). The largest absolute Gasteiger partial charge is 0.385 e. The molecule has 0 bridgehead atoms. The van der Waals surface area contributed by atoms with Gasteiger partial charge in [0.25, 0.3) is 0 Å². The Balaban J connectivity index is 1.81. The lowest BCUT2D eigenvalue weighted by Gasteiger charge is -2.41. The van der Waals surface area contributed by atoms with E-state index in [4.69, 9.17) is 14.5 Å². The highest BCUT2D eigenvalue weighted by Crippen LogP contribution is 2.44. The van der Waals surface area contributed by atoms with Crippen LogP contribution in [0.5, 0.6) is 0 Å². The van der Waals surface area contributed by atoms with Gasteiger partial charge in [-0.2, -0.15) is 0 Å². The van der Waals surface area contributed by atoms with Crippen molar-refractivity contribution in [3.8, 4) is 0 Å². The van der Waals surface area contributed by atoms with Gasteiger partial charge in [0.2, 0.25) is 0 Å². The van der Waals surface area contributed by atoms with Gasteiger partial charge in [0.1, 0.15) is 0 Å². The molecule has 1 aliphatic heterocycles. The van der Waals surface area contributed by atoms with Crippen molar-refractivity contribution in [2.75, 3.05) is 59.7 Å². The number of methoxy groups -OCH3 is 1. The third-order valence-corrected chi connectivity index (χ3v) is 5.40. The summed E-state index contributed by atoms with van der Waals surface area (Å²) >= 11 is 0. The lowest BCUT2D eigenvalue weighted by Crippen LogP contribution is -2.49. The summed E-state index contributed by atoms with van der Waals surface area (Å²) in [6, 6.07) is 0.490. The minimum Gasteiger partial charge on any atom is -0.385 e. The number of nitrogens with one attached hydrogen (secondary N) is 2. The standard InChI is InChI=1S/C18H36N4O2/c1-4-19-17(20-14-16(2)22-9-12-24-13-10-22)21-15-18(6-5-7-18)8-11-23-3/h16H,4-15H2,1-3H3,(H2,19,20,21). The van der Waals surface area contributed by atoms with Crippen molar-refractivity contribution in [3.05, 3.63) is 0 Å². The smallest absolute Gasteiger partial charge is 0.191 e. The SMILES string of the molecule is CCNC(=NCC1(CCOC)CCC1)NCC(C)N1CCOCC1. The Morgan fingerprint density at radius 2 is 2.04 bits per heavy atom. The Morgan fingerprint density at radius 1 is 1.29 bits per heavy atom. The van der Waals surface area contributed by atoms with Crippen molar-refractivity contribution >= 4 is 5.96 Å². The van der Waals surface area contributed by atoms with E-state index >= 15 is 0 Å². The Morgan fingerprint density at radius 3 is 2.62 bits per heavy atom. The van der Waals surface area contributed by atoms with Gasteiger partial charge >= 0.3 is 0 Å². The molecule has 1 saturated carbocycles. The van der Waals surface area contributed by atoms with E-state index in [0.29, 0.717) is 11.5 Å². The second-order valence-electron chi connectivity index (χ2n) is 7.17. The van der Waals surface area contributed by atoms with Crippen molar-refractivity contribution in [2.45, 2.75) is 45.6 Å². The maximum atomic E-state index is 5.43. The fraction of sp³-hybridized carbons (Fsp3) is 0.944. The lowest BCUT2D eigenvalue weighted by atomic mass is 9.67. The molecule has 1 aliphatic carbocycles. The van der Waals surface area contributed by atoms with Gasteiger partial charge < -0.3 is 20.1 Å². The molecule has 0 aromatic heterocycles. The monoisotopic (exact) mass is 340 g/mol. The zero-order valence-corrected chi connectivity index (χ0v) is 15.8. The average Bonchev–Trinajstić information content (AvgIpc) is 2.58. The topological polar surface area (TPSA) is 58.1 Å². The van der Waals surface area contributed by atoms with Crippen LogP contribution in [0.1, 0.15) is 39.5 Å². The number of guanidine groups is 1. The summed E-state index contributed by atoms with van der Waals surface area (Å²) in [7, 11) is 1.79. The average molecular weight is 341 g/mol. The predicted molar refractivity (Wildman–Crippen MR) is 98.6 cm³/mol. The Labute approximate surface area is 147 Å². The normalized spacial score (nSPS) is 22.7. The first kappa shape index (κ1) is 19.5. The zero-order valence-electron chi connectivity index (χ0n) is 15.8. The predicted octanol–water partition coefficient (Wildman–Crippen LogP) is 1.47. The molecule has 2 fully saturated rings. The minimum absolute atomic E-state index is 0.369. The van der Waals surface area contributed by atoms with Crippen LogP contribution >= 0.6 is 0 Å². The number of ether oxygens (including phenoxy) is 2. The molecule has 140 valence electrons. The molecule has 24 heavy (non-hydrogen) atoms. The van der Waals surface area contributed by atoms with Gasteiger partial charge in [-0.15, -0.1) is 0 Å². The van der Waals surface area contributed by atoms with Crippen LogP contribution in [0.3, 0.4) is 0 Å². The van der Waals surface area contributed by atoms with Gasteiger partial charge in [-0.25, -0.2) is 0 Å². The molecule has 6 heteroatoms. The summed E-state index contributed by atoms with van der Waals surface area (Å²) in [4.78, 5) is 7.35.